The predicted molar refractivity (Wildman–Crippen MR) is 98.2 cm³/mol. The monoisotopic (exact) mass is 375 g/mol. The number of hydrogen-bond acceptors (Lipinski definition) is 3. The first-order chi connectivity index (χ1) is 12.4. The van der Waals surface area contributed by atoms with Gasteiger partial charge in [-0.25, -0.2) is 9.18 Å². The minimum absolute atomic E-state index is 0.0799. The third-order valence-corrected chi connectivity index (χ3v) is 4.27. The second-order valence-corrected chi connectivity index (χ2v) is 5.99. The molecule has 0 fully saturated rings. The van der Waals surface area contributed by atoms with E-state index in [-0.39, 0.29) is 23.8 Å². The number of para-hydroxylation sites is 1. The van der Waals surface area contributed by atoms with Gasteiger partial charge in [0.15, 0.2) is 5.82 Å². The Morgan fingerprint density at radius 2 is 1.85 bits per heavy atom. The van der Waals surface area contributed by atoms with Crippen molar-refractivity contribution >= 4 is 34.1 Å². The molecular weight excluding hydrogens is 361 g/mol. The molecule has 3 aromatic rings. The molecule has 0 atom stereocenters. The lowest BCUT2D eigenvalue weighted by atomic mass is 10.2. The van der Waals surface area contributed by atoms with Gasteiger partial charge in [0.1, 0.15) is 6.54 Å². The lowest BCUT2D eigenvalue weighted by Gasteiger charge is -2.13. The van der Waals surface area contributed by atoms with Crippen LogP contribution in [0.3, 0.4) is 0 Å². The normalized spacial score (nSPS) is 10.9. The van der Waals surface area contributed by atoms with Gasteiger partial charge in [-0.05, 0) is 31.2 Å². The van der Waals surface area contributed by atoms with E-state index in [1.807, 2.05) is 0 Å². The van der Waals surface area contributed by atoms with Crippen molar-refractivity contribution in [2.24, 2.45) is 0 Å². The maximum atomic E-state index is 13.9. The minimum atomic E-state index is -0.752. The van der Waals surface area contributed by atoms with Gasteiger partial charge in [-0.1, -0.05) is 29.8 Å². The number of nitrogens with one attached hydrogen (secondary N) is 1. The Labute approximate surface area is 152 Å². The summed E-state index contributed by atoms with van der Waals surface area (Å²) in [6, 6.07) is 10.8. The summed E-state index contributed by atoms with van der Waals surface area (Å²) in [5, 5.41) is 2.61. The van der Waals surface area contributed by atoms with Crippen LogP contribution in [0.15, 0.2) is 52.1 Å². The molecule has 2 aromatic carbocycles. The van der Waals surface area contributed by atoms with Crippen molar-refractivity contribution in [3.05, 3.63) is 74.1 Å². The summed E-state index contributed by atoms with van der Waals surface area (Å²) in [7, 11) is 0. The Bertz CT molecular complexity index is 1120. The largest absolute Gasteiger partial charge is 0.331 e. The fourth-order valence-electron chi connectivity index (χ4n) is 2.74. The second-order valence-electron chi connectivity index (χ2n) is 5.58. The summed E-state index contributed by atoms with van der Waals surface area (Å²) in [5.41, 5.74) is -0.749. The zero-order chi connectivity index (χ0) is 18.8. The van der Waals surface area contributed by atoms with E-state index in [0.29, 0.717) is 10.9 Å². The van der Waals surface area contributed by atoms with Crippen LogP contribution in [0.25, 0.3) is 10.9 Å². The first kappa shape index (κ1) is 17.9. The number of rotatable bonds is 4. The fraction of sp³-hybridized carbons (Fsp3) is 0.167. The van der Waals surface area contributed by atoms with Crippen LogP contribution in [0, 0.1) is 5.82 Å². The topological polar surface area (TPSA) is 73.1 Å². The molecule has 0 saturated heterocycles. The molecule has 0 saturated carbocycles. The number of carbonyl (C=O) groups is 1. The van der Waals surface area contributed by atoms with E-state index in [1.54, 1.807) is 31.2 Å². The summed E-state index contributed by atoms with van der Waals surface area (Å²) in [6.45, 7) is 1.47. The lowest BCUT2D eigenvalue weighted by Crippen LogP contribution is -2.41. The highest BCUT2D eigenvalue weighted by Gasteiger charge is 2.15. The average Bonchev–Trinajstić information content (AvgIpc) is 2.63. The van der Waals surface area contributed by atoms with E-state index in [0.717, 1.165) is 4.57 Å². The van der Waals surface area contributed by atoms with Gasteiger partial charge in [0.05, 0.1) is 21.6 Å². The van der Waals surface area contributed by atoms with Crippen molar-refractivity contribution < 1.29 is 9.18 Å². The molecule has 8 heteroatoms. The Morgan fingerprint density at radius 3 is 2.58 bits per heavy atom. The van der Waals surface area contributed by atoms with Crippen LogP contribution in [0.1, 0.15) is 6.92 Å². The average molecular weight is 376 g/mol. The number of halogens is 2. The minimum Gasteiger partial charge on any atom is -0.322 e. The molecule has 1 heterocycles. The molecule has 0 radical (unpaired) electrons. The van der Waals surface area contributed by atoms with Crippen molar-refractivity contribution in [1.29, 1.82) is 0 Å². The third kappa shape index (κ3) is 3.13. The highest BCUT2D eigenvalue weighted by atomic mass is 35.5. The quantitative estimate of drug-likeness (QED) is 0.761. The van der Waals surface area contributed by atoms with E-state index in [4.69, 9.17) is 11.6 Å². The molecule has 6 nitrogen and oxygen atoms in total. The number of carbonyl (C=O) groups excluding carboxylic acids is 1. The highest BCUT2D eigenvalue weighted by Crippen LogP contribution is 2.22. The van der Waals surface area contributed by atoms with Crippen molar-refractivity contribution in [3.8, 4) is 0 Å². The van der Waals surface area contributed by atoms with Crippen molar-refractivity contribution in [3.63, 3.8) is 0 Å². The summed E-state index contributed by atoms with van der Waals surface area (Å²) in [6.07, 6.45) is 0. The molecular formula is C18H15ClFN3O3. The van der Waals surface area contributed by atoms with Crippen LogP contribution in [0.2, 0.25) is 5.02 Å². The molecule has 3 rings (SSSR count). The van der Waals surface area contributed by atoms with E-state index in [9.17, 15) is 18.8 Å². The zero-order valence-electron chi connectivity index (χ0n) is 13.8. The molecule has 134 valence electrons. The van der Waals surface area contributed by atoms with Gasteiger partial charge >= 0.3 is 5.69 Å². The SMILES string of the molecule is CCn1c(=O)c2ccccc2n(CC(=O)Nc2cccc(Cl)c2F)c1=O. The predicted octanol–water partition coefficient (Wildman–Crippen LogP) is 2.61. The summed E-state index contributed by atoms with van der Waals surface area (Å²) < 4.78 is 16.2. The van der Waals surface area contributed by atoms with Crippen LogP contribution >= 0.6 is 11.6 Å². The van der Waals surface area contributed by atoms with Crippen LogP contribution in [0.4, 0.5) is 10.1 Å². The van der Waals surface area contributed by atoms with E-state index in [1.165, 1.54) is 22.8 Å². The van der Waals surface area contributed by atoms with Crippen LogP contribution in [0.5, 0.6) is 0 Å². The zero-order valence-corrected chi connectivity index (χ0v) is 14.6. The van der Waals surface area contributed by atoms with Gasteiger partial charge in [0.25, 0.3) is 5.56 Å². The lowest BCUT2D eigenvalue weighted by molar-refractivity contribution is -0.116. The van der Waals surface area contributed by atoms with E-state index in [2.05, 4.69) is 5.32 Å². The van der Waals surface area contributed by atoms with Crippen molar-refractivity contribution in [1.82, 2.24) is 9.13 Å². The van der Waals surface area contributed by atoms with E-state index >= 15 is 0 Å². The Kier molecular flexibility index (Phi) is 4.90. The number of anilines is 1. The molecule has 0 aliphatic carbocycles. The smallest absolute Gasteiger partial charge is 0.322 e. The Morgan fingerprint density at radius 1 is 1.12 bits per heavy atom. The Hall–Kier alpha value is -2.93. The third-order valence-electron chi connectivity index (χ3n) is 3.98. The first-order valence-corrected chi connectivity index (χ1v) is 8.28. The van der Waals surface area contributed by atoms with E-state index < -0.39 is 23.0 Å². The molecule has 1 aromatic heterocycles. The van der Waals surface area contributed by atoms with Crippen LogP contribution in [-0.2, 0) is 17.9 Å². The van der Waals surface area contributed by atoms with Gasteiger partial charge in [0.2, 0.25) is 5.91 Å². The van der Waals surface area contributed by atoms with Crippen LogP contribution in [-0.4, -0.2) is 15.0 Å². The molecule has 1 amide bonds. The molecule has 0 spiro atoms. The van der Waals surface area contributed by atoms with Gasteiger partial charge < -0.3 is 5.32 Å². The molecule has 0 aliphatic rings. The van der Waals surface area contributed by atoms with Gasteiger partial charge in [0, 0.05) is 6.54 Å². The van der Waals surface area contributed by atoms with Gasteiger partial charge in [-0.2, -0.15) is 0 Å². The van der Waals surface area contributed by atoms with Crippen molar-refractivity contribution in [2.75, 3.05) is 5.32 Å². The number of nitrogens with zero attached hydrogens (tertiary/aromatic N) is 2. The molecule has 0 bridgehead atoms. The maximum absolute atomic E-state index is 13.9. The van der Waals surface area contributed by atoms with Gasteiger partial charge in [-0.3, -0.25) is 18.7 Å². The number of fused-ring (bicyclic) bond motifs is 1. The summed E-state index contributed by atoms with van der Waals surface area (Å²) in [4.78, 5) is 37.3. The number of amides is 1. The number of hydrogen-bond donors (Lipinski definition) is 1. The summed E-state index contributed by atoms with van der Waals surface area (Å²) in [5.74, 6) is -1.36. The van der Waals surface area contributed by atoms with Crippen LogP contribution < -0.4 is 16.6 Å². The van der Waals surface area contributed by atoms with Gasteiger partial charge in [-0.15, -0.1) is 0 Å². The standard InChI is InChI=1S/C18H15ClFN3O3/c1-2-22-17(25)11-6-3-4-9-14(11)23(18(22)26)10-15(24)21-13-8-5-7-12(19)16(13)20/h3-9H,2,10H2,1H3,(H,21,24). The maximum Gasteiger partial charge on any atom is 0.331 e. The molecule has 26 heavy (non-hydrogen) atoms. The number of benzene rings is 2. The fourth-order valence-corrected chi connectivity index (χ4v) is 2.91. The second kappa shape index (κ2) is 7.13. The first-order valence-electron chi connectivity index (χ1n) is 7.90. The Balaban J connectivity index is 2.03. The molecule has 1 N–H and O–H groups in total. The molecule has 0 aliphatic heterocycles. The summed E-state index contributed by atoms with van der Waals surface area (Å²) >= 11 is 5.70. The highest BCUT2D eigenvalue weighted by molar-refractivity contribution is 6.31. The number of aromatic nitrogens is 2. The van der Waals surface area contributed by atoms with Crippen molar-refractivity contribution in [2.45, 2.75) is 20.0 Å². The molecule has 0 unspecified atom stereocenters.